The van der Waals surface area contributed by atoms with Crippen LogP contribution in [-0.2, 0) is 17.9 Å². The van der Waals surface area contributed by atoms with Crippen molar-refractivity contribution in [2.24, 2.45) is 11.8 Å². The minimum atomic E-state index is -0.0232. The molecule has 1 aromatic heterocycles. The Kier molecular flexibility index (Phi) is 7.16. The number of para-hydroxylation sites is 1. The van der Waals surface area contributed by atoms with Gasteiger partial charge >= 0.3 is 0 Å². The third kappa shape index (κ3) is 4.80. The zero-order valence-electron chi connectivity index (χ0n) is 25.6. The molecule has 220 valence electrons. The first-order chi connectivity index (χ1) is 21.7. The topological polar surface area (TPSA) is 22.1 Å². The van der Waals surface area contributed by atoms with Gasteiger partial charge in [-0.05, 0) is 63.2 Å². The van der Waals surface area contributed by atoms with Crippen molar-refractivity contribution in [2.75, 3.05) is 13.1 Å². The molecule has 0 radical (unpaired) electrons. The molecule has 5 unspecified atom stereocenters. The fraction of sp³-hybridized carbons (Fsp3) is 0.293. The number of hydrogen-bond donors (Lipinski definition) is 0. The van der Waals surface area contributed by atoms with E-state index >= 15 is 0 Å². The van der Waals surface area contributed by atoms with Crippen LogP contribution < -0.4 is 0 Å². The Hall–Kier alpha value is -4.05. The number of fused-ring (bicyclic) bond motifs is 6. The highest BCUT2D eigenvalue weighted by atomic mass is 16.5. The van der Waals surface area contributed by atoms with E-state index in [1.54, 1.807) is 0 Å². The molecule has 5 aromatic carbocycles. The number of ether oxygens (including phenoxy) is 1. The summed E-state index contributed by atoms with van der Waals surface area (Å²) in [7, 11) is 0. The molecule has 44 heavy (non-hydrogen) atoms. The van der Waals surface area contributed by atoms with Gasteiger partial charge < -0.3 is 9.22 Å². The first-order valence-electron chi connectivity index (χ1n) is 16.5. The predicted octanol–water partition coefficient (Wildman–Crippen LogP) is 9.63. The average molecular weight is 578 g/mol. The third-order valence-corrected chi connectivity index (χ3v) is 10.9. The Morgan fingerprint density at radius 2 is 1.48 bits per heavy atom. The molecule has 0 aliphatic carbocycles. The van der Waals surface area contributed by atoms with E-state index in [-0.39, 0.29) is 6.10 Å². The van der Waals surface area contributed by atoms with Crippen molar-refractivity contribution >= 4 is 32.4 Å². The van der Waals surface area contributed by atoms with Gasteiger partial charge in [-0.2, -0.15) is 0 Å². The molecular formula is C41H41N2O+. The summed E-state index contributed by atoms with van der Waals surface area (Å²) in [5, 5.41) is 6.69. The zero-order valence-corrected chi connectivity index (χ0v) is 25.6. The van der Waals surface area contributed by atoms with Crippen LogP contribution in [0.4, 0.5) is 0 Å². The number of benzene rings is 5. The number of quaternary nitrogens is 1. The minimum absolute atomic E-state index is 0.0232. The Morgan fingerprint density at radius 3 is 2.23 bits per heavy atom. The number of piperidine rings is 3. The second kappa shape index (κ2) is 11.5. The Bertz CT molecular complexity index is 1880. The molecule has 2 bridgehead atoms. The number of nitrogens with zero attached hydrogens (tertiary/aromatic N) is 2. The van der Waals surface area contributed by atoms with E-state index in [0.29, 0.717) is 12.6 Å². The molecule has 3 aliphatic rings. The smallest absolute Gasteiger partial charge is 0.135 e. The maximum absolute atomic E-state index is 7.18. The van der Waals surface area contributed by atoms with E-state index in [1.165, 1.54) is 76.0 Å². The van der Waals surface area contributed by atoms with Gasteiger partial charge in [0.05, 0.1) is 25.2 Å². The van der Waals surface area contributed by atoms with Crippen LogP contribution >= 0.6 is 0 Å². The third-order valence-electron chi connectivity index (χ3n) is 10.9. The first kappa shape index (κ1) is 27.5. The van der Waals surface area contributed by atoms with Crippen molar-refractivity contribution in [1.29, 1.82) is 0 Å². The summed E-state index contributed by atoms with van der Waals surface area (Å²) >= 11 is 0. The van der Waals surface area contributed by atoms with Crippen LogP contribution in [0.1, 0.15) is 49.0 Å². The van der Waals surface area contributed by atoms with Gasteiger partial charge in [0.15, 0.2) is 0 Å². The van der Waals surface area contributed by atoms with Crippen molar-refractivity contribution in [3.05, 3.63) is 138 Å². The number of pyridine rings is 1. The van der Waals surface area contributed by atoms with Crippen molar-refractivity contribution in [2.45, 2.75) is 51.5 Å². The summed E-state index contributed by atoms with van der Waals surface area (Å²) in [5.41, 5.74) is 5.06. The van der Waals surface area contributed by atoms with Crippen molar-refractivity contribution < 1.29 is 9.22 Å². The van der Waals surface area contributed by atoms with E-state index in [0.717, 1.165) is 28.4 Å². The number of aromatic nitrogens is 1. The van der Waals surface area contributed by atoms with Gasteiger partial charge in [0.25, 0.3) is 0 Å². The fourth-order valence-electron chi connectivity index (χ4n) is 8.77. The molecule has 4 heterocycles. The second-order valence-electron chi connectivity index (χ2n) is 13.2. The Morgan fingerprint density at radius 1 is 0.795 bits per heavy atom. The Balaban J connectivity index is 1.29. The molecule has 0 amide bonds. The van der Waals surface area contributed by atoms with Gasteiger partial charge in [0.1, 0.15) is 18.7 Å². The van der Waals surface area contributed by atoms with Crippen LogP contribution in [0.5, 0.6) is 0 Å². The minimum Gasteiger partial charge on any atom is -0.363 e. The molecule has 0 saturated carbocycles. The molecule has 6 aromatic rings. The van der Waals surface area contributed by atoms with E-state index in [2.05, 4.69) is 122 Å². The molecule has 0 N–H and O–H groups in total. The van der Waals surface area contributed by atoms with Crippen molar-refractivity contribution in [3.8, 4) is 0 Å². The van der Waals surface area contributed by atoms with Crippen molar-refractivity contribution in [3.63, 3.8) is 0 Å². The highest BCUT2D eigenvalue weighted by molar-refractivity contribution is 6.02. The van der Waals surface area contributed by atoms with Crippen LogP contribution in [0.15, 0.2) is 121 Å². The molecule has 0 spiro atoms. The highest BCUT2D eigenvalue weighted by Crippen LogP contribution is 2.50. The maximum Gasteiger partial charge on any atom is 0.135 e. The number of hydrogen-bond acceptors (Lipinski definition) is 2. The molecule has 3 aliphatic heterocycles. The molecular weight excluding hydrogens is 536 g/mol. The van der Waals surface area contributed by atoms with E-state index in [1.807, 2.05) is 6.20 Å². The van der Waals surface area contributed by atoms with Crippen LogP contribution in [0, 0.1) is 11.8 Å². The highest BCUT2D eigenvalue weighted by Gasteiger charge is 2.55. The standard InChI is InChI=1S/C41H41N2O/c1-2-30-26-43(27-38-34-16-8-6-14-32(34)24-33-15-7-9-17-35(33)38)23-21-31(30)25-40(43)41(44-28-29-12-4-3-5-13-29)37-20-22-42-39-19-11-10-18-36(37)39/h3-20,22,24,30-31,40-41H,2,21,23,25-28H2,1H3/q+1. The summed E-state index contributed by atoms with van der Waals surface area (Å²) in [6.45, 7) is 6.47. The Labute approximate surface area is 260 Å². The van der Waals surface area contributed by atoms with Crippen LogP contribution in [0.2, 0.25) is 0 Å². The lowest BCUT2D eigenvalue weighted by Gasteiger charge is -2.59. The molecule has 9 rings (SSSR count). The monoisotopic (exact) mass is 577 g/mol. The van der Waals surface area contributed by atoms with Crippen LogP contribution in [-0.4, -0.2) is 28.6 Å². The largest absolute Gasteiger partial charge is 0.363 e. The fourth-order valence-corrected chi connectivity index (χ4v) is 8.77. The van der Waals surface area contributed by atoms with Gasteiger partial charge in [-0.3, -0.25) is 4.98 Å². The van der Waals surface area contributed by atoms with Gasteiger partial charge in [-0.25, -0.2) is 0 Å². The number of rotatable bonds is 8. The summed E-state index contributed by atoms with van der Waals surface area (Å²) in [4.78, 5) is 4.75. The lowest BCUT2D eigenvalue weighted by atomic mass is 9.70. The summed E-state index contributed by atoms with van der Waals surface area (Å²) < 4.78 is 8.26. The molecule has 5 atom stereocenters. The predicted molar refractivity (Wildman–Crippen MR) is 181 cm³/mol. The summed E-state index contributed by atoms with van der Waals surface area (Å²) in [6.07, 6.45) is 5.73. The summed E-state index contributed by atoms with van der Waals surface area (Å²) in [5.74, 6) is 1.51. The van der Waals surface area contributed by atoms with E-state index in [4.69, 9.17) is 9.72 Å². The normalized spacial score (nSPS) is 23.8. The van der Waals surface area contributed by atoms with E-state index in [9.17, 15) is 0 Å². The van der Waals surface area contributed by atoms with Gasteiger partial charge in [0, 0.05) is 35.9 Å². The van der Waals surface area contributed by atoms with Crippen LogP contribution in [0.25, 0.3) is 32.4 Å². The zero-order chi connectivity index (χ0) is 29.5. The van der Waals surface area contributed by atoms with Gasteiger partial charge in [-0.1, -0.05) is 104 Å². The maximum atomic E-state index is 7.18. The molecule has 3 saturated heterocycles. The van der Waals surface area contributed by atoms with Gasteiger partial charge in [-0.15, -0.1) is 0 Å². The van der Waals surface area contributed by atoms with Crippen molar-refractivity contribution in [1.82, 2.24) is 4.98 Å². The lowest BCUT2D eigenvalue weighted by molar-refractivity contribution is -0.985. The van der Waals surface area contributed by atoms with Gasteiger partial charge in [0.2, 0.25) is 0 Å². The average Bonchev–Trinajstić information content (AvgIpc) is 3.09. The van der Waals surface area contributed by atoms with E-state index < -0.39 is 0 Å². The molecule has 3 heteroatoms. The first-order valence-corrected chi connectivity index (χ1v) is 16.5. The SMILES string of the molecule is CCC1C[N+]2(Cc3c4ccccc4cc4ccccc34)CCC1CC2C(OCc1ccccc1)c1ccnc2ccccc12. The molecule has 3 fully saturated rings. The summed E-state index contributed by atoms with van der Waals surface area (Å²) in [6, 6.07) is 42.3. The lowest BCUT2D eigenvalue weighted by Crippen LogP contribution is -2.67. The second-order valence-corrected chi connectivity index (χ2v) is 13.2. The molecule has 3 nitrogen and oxygen atoms in total. The van der Waals surface area contributed by atoms with Crippen LogP contribution in [0.3, 0.4) is 0 Å². The quantitative estimate of drug-likeness (QED) is 0.133.